The molecular weight excluding hydrogens is 278 g/mol. The van der Waals surface area contributed by atoms with Crippen LogP contribution in [0.3, 0.4) is 0 Å². The number of nitrogens with zero attached hydrogens (tertiary/aromatic N) is 2. The Bertz CT molecular complexity index is 640. The molecule has 1 saturated heterocycles. The van der Waals surface area contributed by atoms with E-state index in [-0.39, 0.29) is 5.91 Å². The van der Waals surface area contributed by atoms with Crippen LogP contribution in [-0.2, 0) is 0 Å². The second-order valence-electron chi connectivity index (χ2n) is 5.99. The van der Waals surface area contributed by atoms with Gasteiger partial charge in [-0.1, -0.05) is 12.1 Å². The van der Waals surface area contributed by atoms with Gasteiger partial charge in [0, 0.05) is 30.5 Å². The topological polar surface area (TPSA) is 58.4 Å². The highest BCUT2D eigenvalue weighted by Crippen LogP contribution is 2.24. The quantitative estimate of drug-likeness (QED) is 0.942. The van der Waals surface area contributed by atoms with Crippen LogP contribution in [0.5, 0.6) is 0 Å². The first-order valence-corrected chi connectivity index (χ1v) is 7.71. The second kappa shape index (κ2) is 6.22. The van der Waals surface area contributed by atoms with E-state index in [0.29, 0.717) is 11.5 Å². The molecule has 1 aromatic carbocycles. The van der Waals surface area contributed by atoms with Crippen molar-refractivity contribution in [2.45, 2.75) is 26.7 Å². The summed E-state index contributed by atoms with van der Waals surface area (Å²) in [6.07, 6.45) is 2.48. The average Bonchev–Trinajstić information content (AvgIpc) is 2.96. The summed E-state index contributed by atoms with van der Waals surface area (Å²) in [5.41, 5.74) is 2.27. The Kier molecular flexibility index (Phi) is 4.13. The van der Waals surface area contributed by atoms with E-state index in [0.717, 1.165) is 24.7 Å². The van der Waals surface area contributed by atoms with Gasteiger partial charge in [0.2, 0.25) is 0 Å². The summed E-state index contributed by atoms with van der Waals surface area (Å²) in [5.74, 6) is 1.19. The Balaban J connectivity index is 1.63. The Morgan fingerprint density at radius 3 is 2.55 bits per heavy atom. The summed E-state index contributed by atoms with van der Waals surface area (Å²) in [6, 6.07) is 9.59. The van der Waals surface area contributed by atoms with Crippen LogP contribution in [0.15, 0.2) is 34.9 Å². The molecule has 2 aromatic rings. The number of amides is 1. The van der Waals surface area contributed by atoms with Crippen LogP contribution in [0.1, 0.15) is 36.0 Å². The molecule has 0 atom stereocenters. The number of hydrogen-bond donors (Lipinski definition) is 1. The van der Waals surface area contributed by atoms with Crippen molar-refractivity contribution in [2.24, 2.45) is 5.92 Å². The number of hydrogen-bond acceptors (Lipinski definition) is 4. The van der Waals surface area contributed by atoms with Crippen molar-refractivity contribution in [3.05, 3.63) is 41.8 Å². The van der Waals surface area contributed by atoms with Crippen LogP contribution in [-0.4, -0.2) is 24.2 Å². The zero-order valence-corrected chi connectivity index (χ0v) is 13.0. The lowest BCUT2D eigenvalue weighted by Gasteiger charge is -2.32. The predicted octanol–water partition coefficient (Wildman–Crippen LogP) is 3.47. The molecule has 0 spiro atoms. The van der Waals surface area contributed by atoms with E-state index < -0.39 is 0 Å². The maximum atomic E-state index is 12.0. The van der Waals surface area contributed by atoms with Crippen LogP contribution in [0, 0.1) is 12.8 Å². The van der Waals surface area contributed by atoms with E-state index in [9.17, 15) is 4.79 Å². The second-order valence-corrected chi connectivity index (χ2v) is 5.99. The SMILES string of the molecule is Cc1cc(C(=O)Nc2ccc(N3CCC(C)CC3)cc2)no1. The number of benzene rings is 1. The van der Waals surface area contributed by atoms with Crippen LogP contribution in [0.4, 0.5) is 11.4 Å². The van der Waals surface area contributed by atoms with E-state index in [1.165, 1.54) is 18.5 Å². The molecule has 0 radical (unpaired) electrons. The molecule has 0 unspecified atom stereocenters. The van der Waals surface area contributed by atoms with Gasteiger partial charge in [-0.15, -0.1) is 0 Å². The van der Waals surface area contributed by atoms with E-state index in [1.54, 1.807) is 13.0 Å². The third-order valence-corrected chi connectivity index (χ3v) is 4.13. The van der Waals surface area contributed by atoms with Crippen molar-refractivity contribution in [1.82, 2.24) is 5.16 Å². The fraction of sp³-hybridized carbons (Fsp3) is 0.412. The molecule has 1 aliphatic heterocycles. The number of nitrogens with one attached hydrogen (secondary N) is 1. The molecule has 0 bridgehead atoms. The lowest BCUT2D eigenvalue weighted by molar-refractivity contribution is 0.101. The lowest BCUT2D eigenvalue weighted by Crippen LogP contribution is -2.32. The Labute approximate surface area is 130 Å². The average molecular weight is 299 g/mol. The van der Waals surface area contributed by atoms with Crippen LogP contribution >= 0.6 is 0 Å². The molecule has 3 rings (SSSR count). The molecule has 0 aliphatic carbocycles. The van der Waals surface area contributed by atoms with E-state index in [1.807, 2.05) is 12.1 Å². The fourth-order valence-corrected chi connectivity index (χ4v) is 2.69. The zero-order chi connectivity index (χ0) is 15.5. The van der Waals surface area contributed by atoms with Gasteiger partial charge in [-0.25, -0.2) is 0 Å². The van der Waals surface area contributed by atoms with Gasteiger partial charge in [0.25, 0.3) is 5.91 Å². The molecule has 1 N–H and O–H groups in total. The van der Waals surface area contributed by atoms with Crippen LogP contribution < -0.4 is 10.2 Å². The largest absolute Gasteiger partial charge is 0.372 e. The molecule has 2 heterocycles. The van der Waals surface area contributed by atoms with Crippen LogP contribution in [0.25, 0.3) is 0 Å². The number of aryl methyl sites for hydroxylation is 1. The Hall–Kier alpha value is -2.30. The minimum absolute atomic E-state index is 0.253. The molecule has 22 heavy (non-hydrogen) atoms. The normalized spacial score (nSPS) is 15.8. The first-order chi connectivity index (χ1) is 10.6. The highest BCUT2D eigenvalue weighted by Gasteiger charge is 2.16. The van der Waals surface area contributed by atoms with Gasteiger partial charge >= 0.3 is 0 Å². The van der Waals surface area contributed by atoms with Gasteiger partial charge in [-0.05, 0) is 49.9 Å². The summed E-state index contributed by atoms with van der Waals surface area (Å²) in [4.78, 5) is 14.4. The molecule has 1 aliphatic rings. The predicted molar refractivity (Wildman–Crippen MR) is 86.2 cm³/mol. The Morgan fingerprint density at radius 2 is 1.95 bits per heavy atom. The number of anilines is 2. The smallest absolute Gasteiger partial charge is 0.277 e. The van der Waals surface area contributed by atoms with Gasteiger partial charge in [0.15, 0.2) is 5.69 Å². The molecule has 0 saturated carbocycles. The van der Waals surface area contributed by atoms with Gasteiger partial charge in [0.1, 0.15) is 5.76 Å². The summed E-state index contributed by atoms with van der Waals surface area (Å²) in [5, 5.41) is 6.54. The van der Waals surface area contributed by atoms with Crippen molar-refractivity contribution in [2.75, 3.05) is 23.3 Å². The van der Waals surface area contributed by atoms with Gasteiger partial charge in [-0.2, -0.15) is 0 Å². The van der Waals surface area contributed by atoms with Crippen molar-refractivity contribution < 1.29 is 9.32 Å². The van der Waals surface area contributed by atoms with Crippen molar-refractivity contribution in [3.8, 4) is 0 Å². The van der Waals surface area contributed by atoms with E-state index in [2.05, 4.69) is 34.4 Å². The zero-order valence-electron chi connectivity index (χ0n) is 13.0. The minimum Gasteiger partial charge on any atom is -0.372 e. The molecule has 1 fully saturated rings. The summed E-state index contributed by atoms with van der Waals surface area (Å²) in [7, 11) is 0. The molecule has 1 aromatic heterocycles. The minimum atomic E-state index is -0.253. The van der Waals surface area contributed by atoms with Gasteiger partial charge in [0.05, 0.1) is 0 Å². The van der Waals surface area contributed by atoms with E-state index in [4.69, 9.17) is 4.52 Å². The maximum absolute atomic E-state index is 12.0. The maximum Gasteiger partial charge on any atom is 0.277 e. The molecule has 5 heteroatoms. The lowest BCUT2D eigenvalue weighted by atomic mass is 9.99. The molecule has 116 valence electrons. The number of carbonyl (C=O) groups is 1. The van der Waals surface area contributed by atoms with Crippen molar-refractivity contribution in [3.63, 3.8) is 0 Å². The van der Waals surface area contributed by atoms with E-state index >= 15 is 0 Å². The highest BCUT2D eigenvalue weighted by molar-refractivity contribution is 6.02. The summed E-state index contributed by atoms with van der Waals surface area (Å²) in [6.45, 7) is 6.27. The van der Waals surface area contributed by atoms with Crippen LogP contribution in [0.2, 0.25) is 0 Å². The fourth-order valence-electron chi connectivity index (χ4n) is 2.69. The number of piperidine rings is 1. The molecule has 5 nitrogen and oxygen atoms in total. The van der Waals surface area contributed by atoms with Crippen molar-refractivity contribution in [1.29, 1.82) is 0 Å². The summed E-state index contributed by atoms with van der Waals surface area (Å²) < 4.78 is 4.91. The van der Waals surface area contributed by atoms with Crippen molar-refractivity contribution >= 4 is 17.3 Å². The number of carbonyl (C=O) groups excluding carboxylic acids is 1. The third-order valence-electron chi connectivity index (χ3n) is 4.13. The molecule has 1 amide bonds. The Morgan fingerprint density at radius 1 is 1.27 bits per heavy atom. The first-order valence-electron chi connectivity index (χ1n) is 7.71. The number of aromatic nitrogens is 1. The first kappa shape index (κ1) is 14.6. The monoisotopic (exact) mass is 299 g/mol. The van der Waals surface area contributed by atoms with Gasteiger partial charge in [-0.3, -0.25) is 4.79 Å². The third kappa shape index (κ3) is 3.30. The summed E-state index contributed by atoms with van der Waals surface area (Å²) >= 11 is 0. The van der Waals surface area contributed by atoms with Gasteiger partial charge < -0.3 is 14.7 Å². The molecular formula is C17H21N3O2. The standard InChI is InChI=1S/C17H21N3O2/c1-12-7-9-20(10-8-12)15-5-3-14(4-6-15)18-17(21)16-11-13(2)22-19-16/h3-6,11-12H,7-10H2,1-2H3,(H,18,21). The highest BCUT2D eigenvalue weighted by atomic mass is 16.5. The number of rotatable bonds is 3.